The third-order valence-electron chi connectivity index (χ3n) is 2.33. The molecule has 4 N–H and O–H groups in total. The number of rotatable bonds is 8. The molecule has 1 rings (SSSR count). The fourth-order valence-electron chi connectivity index (χ4n) is 1.46. The van der Waals surface area contributed by atoms with Gasteiger partial charge in [-0.1, -0.05) is 0 Å². The molecule has 0 fully saturated rings. The molecule has 112 valence electrons. The van der Waals surface area contributed by atoms with E-state index < -0.39 is 36.9 Å². The van der Waals surface area contributed by atoms with Crippen molar-refractivity contribution in [3.63, 3.8) is 0 Å². The fourth-order valence-corrected chi connectivity index (χ4v) is 1.46. The Bertz CT molecular complexity index is 549. The third-order valence-corrected chi connectivity index (χ3v) is 2.33. The summed E-state index contributed by atoms with van der Waals surface area (Å²) in [5.74, 6) is -2.54. The summed E-state index contributed by atoms with van der Waals surface area (Å²) in [5, 5.41) is 13.0. The van der Waals surface area contributed by atoms with Gasteiger partial charge in [-0.2, -0.15) is 4.99 Å². The first-order valence-corrected chi connectivity index (χ1v) is 5.82. The van der Waals surface area contributed by atoms with Gasteiger partial charge in [-0.3, -0.25) is 14.4 Å². The first-order chi connectivity index (χ1) is 10.0. The van der Waals surface area contributed by atoms with Crippen molar-refractivity contribution in [2.24, 2.45) is 4.99 Å². The number of nitrogens with zero attached hydrogens (tertiary/aromatic N) is 2. The number of nitrogens with one attached hydrogen (secondary N) is 3. The highest BCUT2D eigenvalue weighted by atomic mass is 16.4. The SMILES string of the molecule is O=C=NCC(=O)N[C@@H](Cc1cnc[nH]1)C(=O)NCC(=O)O. The Morgan fingerprint density at radius 2 is 2.24 bits per heavy atom. The second kappa shape index (κ2) is 8.23. The van der Waals surface area contributed by atoms with Crippen LogP contribution in [0.4, 0.5) is 0 Å². The van der Waals surface area contributed by atoms with Gasteiger partial charge in [0.25, 0.3) is 0 Å². The van der Waals surface area contributed by atoms with Crippen LogP contribution in [0.15, 0.2) is 17.5 Å². The van der Waals surface area contributed by atoms with Crippen LogP contribution < -0.4 is 10.6 Å². The van der Waals surface area contributed by atoms with Crippen molar-refractivity contribution in [3.05, 3.63) is 18.2 Å². The predicted molar refractivity (Wildman–Crippen MR) is 67.9 cm³/mol. The molecule has 10 nitrogen and oxygen atoms in total. The normalized spacial score (nSPS) is 11.0. The van der Waals surface area contributed by atoms with Crippen molar-refractivity contribution in [3.8, 4) is 0 Å². The minimum Gasteiger partial charge on any atom is -0.480 e. The molecule has 0 saturated heterocycles. The number of aliphatic imine (C=N–C) groups is 1. The molecule has 0 aliphatic rings. The zero-order valence-corrected chi connectivity index (χ0v) is 10.8. The Morgan fingerprint density at radius 3 is 2.81 bits per heavy atom. The number of carboxylic acids is 1. The molecule has 1 heterocycles. The zero-order chi connectivity index (χ0) is 15.7. The Balaban J connectivity index is 2.68. The number of aromatic nitrogens is 2. The summed E-state index contributed by atoms with van der Waals surface area (Å²) in [5.41, 5.74) is 0.574. The van der Waals surface area contributed by atoms with Crippen LogP contribution in [0.3, 0.4) is 0 Å². The molecule has 0 unspecified atom stereocenters. The summed E-state index contributed by atoms with van der Waals surface area (Å²) in [6.07, 6.45) is 4.16. The molecule has 0 aliphatic heterocycles. The highest BCUT2D eigenvalue weighted by Gasteiger charge is 2.22. The lowest BCUT2D eigenvalue weighted by Gasteiger charge is -2.16. The zero-order valence-electron chi connectivity index (χ0n) is 10.8. The number of isocyanates is 1. The van der Waals surface area contributed by atoms with E-state index in [4.69, 9.17) is 5.11 Å². The minimum absolute atomic E-state index is 0.0853. The van der Waals surface area contributed by atoms with Crippen LogP contribution in [0.5, 0.6) is 0 Å². The van der Waals surface area contributed by atoms with Gasteiger partial charge in [0.15, 0.2) is 0 Å². The van der Waals surface area contributed by atoms with Gasteiger partial charge < -0.3 is 20.7 Å². The number of carbonyl (C=O) groups is 3. The average Bonchev–Trinajstić information content (AvgIpc) is 2.94. The quantitative estimate of drug-likeness (QED) is 0.320. The van der Waals surface area contributed by atoms with E-state index in [-0.39, 0.29) is 6.42 Å². The Hall–Kier alpha value is -3.00. The Kier molecular flexibility index (Phi) is 6.29. The number of hydrogen-bond donors (Lipinski definition) is 4. The van der Waals surface area contributed by atoms with Gasteiger partial charge in [0.2, 0.25) is 17.9 Å². The fraction of sp³-hybridized carbons (Fsp3) is 0.364. The maximum Gasteiger partial charge on any atom is 0.322 e. The lowest BCUT2D eigenvalue weighted by Crippen LogP contribution is -2.49. The van der Waals surface area contributed by atoms with Gasteiger partial charge in [-0.05, 0) is 0 Å². The standard InChI is InChI=1S/C11H13N5O5/c17-6-13-3-9(18)16-8(1-7-2-12-5-15-7)11(21)14-4-10(19)20/h2,5,8H,1,3-4H2,(H,12,15)(H,14,21)(H,16,18)(H,19,20)/t8-/m0/s1. The molecule has 0 spiro atoms. The van der Waals surface area contributed by atoms with Crippen molar-refractivity contribution in [2.75, 3.05) is 13.1 Å². The van der Waals surface area contributed by atoms with E-state index in [9.17, 15) is 19.2 Å². The third kappa shape index (κ3) is 6.12. The smallest absolute Gasteiger partial charge is 0.322 e. The van der Waals surface area contributed by atoms with E-state index in [1.54, 1.807) is 0 Å². The van der Waals surface area contributed by atoms with Crippen molar-refractivity contribution < 1.29 is 24.3 Å². The van der Waals surface area contributed by atoms with Gasteiger partial charge in [0.1, 0.15) is 19.1 Å². The minimum atomic E-state index is -1.21. The molecule has 1 aromatic rings. The number of carbonyl (C=O) groups excluding carboxylic acids is 3. The molecular weight excluding hydrogens is 282 g/mol. The van der Waals surface area contributed by atoms with E-state index in [0.29, 0.717) is 5.69 Å². The van der Waals surface area contributed by atoms with E-state index in [0.717, 1.165) is 0 Å². The van der Waals surface area contributed by atoms with Gasteiger partial charge >= 0.3 is 5.97 Å². The number of aromatic amines is 1. The van der Waals surface area contributed by atoms with Crippen LogP contribution in [-0.2, 0) is 25.6 Å². The number of carboxylic acid groups (broad SMARTS) is 1. The molecule has 2 amide bonds. The van der Waals surface area contributed by atoms with Crippen LogP contribution in [0.2, 0.25) is 0 Å². The van der Waals surface area contributed by atoms with E-state index in [1.807, 2.05) is 0 Å². The van der Waals surface area contributed by atoms with E-state index in [1.165, 1.54) is 18.6 Å². The molecule has 1 atom stereocenters. The van der Waals surface area contributed by atoms with Gasteiger partial charge in [0, 0.05) is 18.3 Å². The van der Waals surface area contributed by atoms with Gasteiger partial charge in [0.05, 0.1) is 6.33 Å². The summed E-state index contributed by atoms with van der Waals surface area (Å²) in [4.78, 5) is 53.3. The second-order valence-corrected chi connectivity index (χ2v) is 3.92. The van der Waals surface area contributed by atoms with Gasteiger partial charge in [-0.25, -0.2) is 9.78 Å². The first-order valence-electron chi connectivity index (χ1n) is 5.82. The first kappa shape index (κ1) is 16.1. The lowest BCUT2D eigenvalue weighted by molar-refractivity contribution is -0.138. The highest BCUT2D eigenvalue weighted by molar-refractivity contribution is 5.90. The van der Waals surface area contributed by atoms with Crippen molar-refractivity contribution in [1.82, 2.24) is 20.6 Å². The highest BCUT2D eigenvalue weighted by Crippen LogP contribution is 1.99. The molecule has 0 radical (unpaired) electrons. The maximum atomic E-state index is 11.9. The summed E-state index contributed by atoms with van der Waals surface area (Å²) in [7, 11) is 0. The summed E-state index contributed by atoms with van der Waals surface area (Å²) in [6.45, 7) is -1.03. The van der Waals surface area contributed by atoms with Crippen LogP contribution in [0.25, 0.3) is 0 Å². The molecule has 0 bridgehead atoms. The van der Waals surface area contributed by atoms with Gasteiger partial charge in [-0.15, -0.1) is 0 Å². The van der Waals surface area contributed by atoms with Crippen molar-refractivity contribution >= 4 is 23.9 Å². The second-order valence-electron chi connectivity index (χ2n) is 3.92. The molecule has 0 aliphatic carbocycles. The van der Waals surface area contributed by atoms with Crippen molar-refractivity contribution in [1.29, 1.82) is 0 Å². The maximum absolute atomic E-state index is 11.9. The van der Waals surface area contributed by atoms with Crippen LogP contribution in [0.1, 0.15) is 5.69 Å². The van der Waals surface area contributed by atoms with E-state index in [2.05, 4.69) is 25.6 Å². The number of amides is 2. The molecule has 21 heavy (non-hydrogen) atoms. The molecule has 0 saturated carbocycles. The van der Waals surface area contributed by atoms with Crippen LogP contribution >= 0.6 is 0 Å². The topological polar surface area (TPSA) is 154 Å². The molecule has 0 aromatic carbocycles. The Labute approximate surface area is 118 Å². The lowest BCUT2D eigenvalue weighted by atomic mass is 10.1. The Morgan fingerprint density at radius 1 is 1.48 bits per heavy atom. The molecule has 10 heteroatoms. The van der Waals surface area contributed by atoms with Crippen molar-refractivity contribution in [2.45, 2.75) is 12.5 Å². The number of hydrogen-bond acceptors (Lipinski definition) is 6. The summed E-state index contributed by atoms with van der Waals surface area (Å²) in [6, 6.07) is -1.01. The summed E-state index contributed by atoms with van der Waals surface area (Å²) < 4.78 is 0. The van der Waals surface area contributed by atoms with Crippen LogP contribution in [-0.4, -0.2) is 58.1 Å². The van der Waals surface area contributed by atoms with Crippen LogP contribution in [0, 0.1) is 0 Å². The largest absolute Gasteiger partial charge is 0.480 e. The number of imidazole rings is 1. The number of aliphatic carboxylic acids is 1. The number of H-pyrrole nitrogens is 1. The molecule has 1 aromatic heterocycles. The predicted octanol–water partition coefficient (Wildman–Crippen LogP) is -2.03. The average molecular weight is 295 g/mol. The summed E-state index contributed by atoms with van der Waals surface area (Å²) >= 11 is 0. The van der Waals surface area contributed by atoms with E-state index >= 15 is 0 Å². The molecular formula is C11H13N5O5. The monoisotopic (exact) mass is 295 g/mol.